The molecule has 0 aliphatic carbocycles. The molecule has 106 valence electrons. The normalized spacial score (nSPS) is 17.2. The minimum atomic E-state index is 0.719. The number of rotatable bonds is 4. The van der Waals surface area contributed by atoms with Crippen LogP contribution >= 0.6 is 27.5 Å². The predicted molar refractivity (Wildman–Crippen MR) is 84.2 cm³/mol. The zero-order valence-electron chi connectivity index (χ0n) is 11.4. The van der Waals surface area contributed by atoms with Crippen molar-refractivity contribution in [2.45, 2.75) is 0 Å². The maximum absolute atomic E-state index is 6.25. The highest BCUT2D eigenvalue weighted by molar-refractivity contribution is 9.10. The zero-order valence-corrected chi connectivity index (χ0v) is 13.8. The minimum Gasteiger partial charge on any atom is -0.353 e. The molecule has 1 aliphatic heterocycles. The van der Waals surface area contributed by atoms with E-state index in [1.807, 2.05) is 6.07 Å². The van der Waals surface area contributed by atoms with Crippen LogP contribution in [-0.4, -0.2) is 68.1 Å². The van der Waals surface area contributed by atoms with Crippen LogP contribution in [0.4, 0.5) is 5.82 Å². The SMILES string of the molecule is CN(C)CCN1CCN(c2ncc(Br)cc2Cl)CC1. The van der Waals surface area contributed by atoms with Crippen LogP contribution in [0, 0.1) is 0 Å². The topological polar surface area (TPSA) is 22.6 Å². The van der Waals surface area contributed by atoms with Gasteiger partial charge >= 0.3 is 0 Å². The van der Waals surface area contributed by atoms with Gasteiger partial charge in [-0.2, -0.15) is 0 Å². The van der Waals surface area contributed by atoms with Crippen LogP contribution in [0.3, 0.4) is 0 Å². The maximum Gasteiger partial charge on any atom is 0.147 e. The lowest BCUT2D eigenvalue weighted by Crippen LogP contribution is -2.48. The Labute approximate surface area is 128 Å². The van der Waals surface area contributed by atoms with Crippen molar-refractivity contribution in [3.8, 4) is 0 Å². The standard InChI is InChI=1S/C13H20BrClN4/c1-17(2)3-4-18-5-7-19(8-6-18)13-12(15)9-11(14)10-16-13/h9-10H,3-8H2,1-2H3. The Balaban J connectivity index is 1.89. The molecular weight excluding hydrogens is 328 g/mol. The van der Waals surface area contributed by atoms with Crippen molar-refractivity contribution in [3.05, 3.63) is 21.8 Å². The van der Waals surface area contributed by atoms with Crippen LogP contribution in [-0.2, 0) is 0 Å². The molecule has 1 fully saturated rings. The van der Waals surface area contributed by atoms with E-state index in [9.17, 15) is 0 Å². The summed E-state index contributed by atoms with van der Waals surface area (Å²) in [6, 6.07) is 1.91. The Morgan fingerprint density at radius 2 is 2.00 bits per heavy atom. The Hall–Kier alpha value is -0.360. The fraction of sp³-hybridized carbons (Fsp3) is 0.615. The molecule has 0 radical (unpaired) electrons. The molecule has 19 heavy (non-hydrogen) atoms. The smallest absolute Gasteiger partial charge is 0.147 e. The summed E-state index contributed by atoms with van der Waals surface area (Å²) in [7, 11) is 4.23. The van der Waals surface area contributed by atoms with Gasteiger partial charge in [-0.05, 0) is 36.1 Å². The van der Waals surface area contributed by atoms with Crippen LogP contribution in [0.25, 0.3) is 0 Å². The second kappa shape index (κ2) is 6.88. The first-order valence-corrected chi connectivity index (χ1v) is 7.66. The minimum absolute atomic E-state index is 0.719. The summed E-state index contributed by atoms with van der Waals surface area (Å²) in [5.74, 6) is 0.900. The third-order valence-electron chi connectivity index (χ3n) is 3.32. The van der Waals surface area contributed by atoms with E-state index in [0.717, 1.165) is 54.6 Å². The number of aromatic nitrogens is 1. The second-order valence-electron chi connectivity index (χ2n) is 5.09. The Bertz CT molecular complexity index is 419. The number of hydrogen-bond donors (Lipinski definition) is 0. The van der Waals surface area contributed by atoms with Gasteiger partial charge in [0.05, 0.1) is 5.02 Å². The van der Waals surface area contributed by atoms with Crippen molar-refractivity contribution in [1.82, 2.24) is 14.8 Å². The molecule has 0 amide bonds. The van der Waals surface area contributed by atoms with E-state index in [1.54, 1.807) is 6.20 Å². The fourth-order valence-electron chi connectivity index (χ4n) is 2.16. The monoisotopic (exact) mass is 346 g/mol. The molecule has 0 spiro atoms. The van der Waals surface area contributed by atoms with Gasteiger partial charge in [0.1, 0.15) is 5.82 Å². The lowest BCUT2D eigenvalue weighted by atomic mass is 10.3. The molecule has 0 bridgehead atoms. The van der Waals surface area contributed by atoms with Gasteiger partial charge in [0.2, 0.25) is 0 Å². The highest BCUT2D eigenvalue weighted by atomic mass is 79.9. The molecule has 0 atom stereocenters. The quantitative estimate of drug-likeness (QED) is 0.832. The number of piperazine rings is 1. The molecule has 2 heterocycles. The first kappa shape index (κ1) is 15.0. The fourth-order valence-corrected chi connectivity index (χ4v) is 2.91. The molecular formula is C13H20BrClN4. The molecule has 1 saturated heterocycles. The van der Waals surface area contributed by atoms with E-state index in [1.165, 1.54) is 0 Å². The third kappa shape index (κ3) is 4.31. The molecule has 0 aromatic carbocycles. The van der Waals surface area contributed by atoms with Gasteiger partial charge in [-0.25, -0.2) is 4.98 Å². The van der Waals surface area contributed by atoms with Crippen molar-refractivity contribution >= 4 is 33.3 Å². The molecule has 1 aliphatic rings. The maximum atomic E-state index is 6.25. The van der Waals surface area contributed by atoms with Gasteiger partial charge in [-0.15, -0.1) is 0 Å². The first-order valence-electron chi connectivity index (χ1n) is 6.49. The van der Waals surface area contributed by atoms with E-state index in [0.29, 0.717) is 0 Å². The number of halogens is 2. The summed E-state index contributed by atoms with van der Waals surface area (Å²) in [4.78, 5) is 11.4. The van der Waals surface area contributed by atoms with Crippen molar-refractivity contribution < 1.29 is 0 Å². The largest absolute Gasteiger partial charge is 0.353 e. The molecule has 2 rings (SSSR count). The highest BCUT2D eigenvalue weighted by Crippen LogP contribution is 2.26. The first-order chi connectivity index (χ1) is 9.06. The van der Waals surface area contributed by atoms with Gasteiger partial charge in [0, 0.05) is 49.9 Å². The molecule has 0 N–H and O–H groups in total. The van der Waals surface area contributed by atoms with Crippen LogP contribution in [0.5, 0.6) is 0 Å². The number of nitrogens with zero attached hydrogens (tertiary/aromatic N) is 4. The second-order valence-corrected chi connectivity index (χ2v) is 6.41. The van der Waals surface area contributed by atoms with Gasteiger partial charge in [0.25, 0.3) is 0 Å². The number of likely N-dealkylation sites (N-methyl/N-ethyl adjacent to an activating group) is 1. The van der Waals surface area contributed by atoms with E-state index in [2.05, 4.69) is 49.7 Å². The summed E-state index contributed by atoms with van der Waals surface area (Å²) in [6.45, 7) is 6.35. The number of hydrogen-bond acceptors (Lipinski definition) is 4. The van der Waals surface area contributed by atoms with Gasteiger partial charge in [0.15, 0.2) is 0 Å². The highest BCUT2D eigenvalue weighted by Gasteiger charge is 2.19. The molecule has 1 aromatic rings. The Kier molecular flexibility index (Phi) is 5.45. The van der Waals surface area contributed by atoms with Crippen molar-refractivity contribution in [3.63, 3.8) is 0 Å². The number of anilines is 1. The number of pyridine rings is 1. The van der Waals surface area contributed by atoms with Crippen molar-refractivity contribution in [2.75, 3.05) is 58.3 Å². The van der Waals surface area contributed by atoms with Crippen molar-refractivity contribution in [2.24, 2.45) is 0 Å². The van der Waals surface area contributed by atoms with Crippen molar-refractivity contribution in [1.29, 1.82) is 0 Å². The summed E-state index contributed by atoms with van der Waals surface area (Å²) in [6.07, 6.45) is 1.81. The zero-order chi connectivity index (χ0) is 13.8. The van der Waals surface area contributed by atoms with Gasteiger partial charge in [-0.1, -0.05) is 11.6 Å². The Morgan fingerprint density at radius 3 is 2.58 bits per heavy atom. The molecule has 0 saturated carbocycles. The summed E-state index contributed by atoms with van der Waals surface area (Å²) < 4.78 is 0.922. The lowest BCUT2D eigenvalue weighted by molar-refractivity contribution is 0.229. The predicted octanol–water partition coefficient (Wildman–Crippen LogP) is 2.18. The van der Waals surface area contributed by atoms with Crippen LogP contribution < -0.4 is 4.90 Å². The Morgan fingerprint density at radius 1 is 1.32 bits per heavy atom. The van der Waals surface area contributed by atoms with E-state index >= 15 is 0 Å². The van der Waals surface area contributed by atoms with E-state index in [4.69, 9.17) is 11.6 Å². The molecule has 0 unspecified atom stereocenters. The molecule has 6 heteroatoms. The lowest BCUT2D eigenvalue weighted by Gasteiger charge is -2.36. The third-order valence-corrected chi connectivity index (χ3v) is 4.04. The molecule has 1 aromatic heterocycles. The summed E-state index contributed by atoms with van der Waals surface area (Å²) in [5.41, 5.74) is 0. The average molecular weight is 348 g/mol. The van der Waals surface area contributed by atoms with Gasteiger partial charge < -0.3 is 9.80 Å². The van der Waals surface area contributed by atoms with Crippen LogP contribution in [0.2, 0.25) is 5.02 Å². The van der Waals surface area contributed by atoms with Crippen LogP contribution in [0.15, 0.2) is 16.7 Å². The average Bonchev–Trinajstić information content (AvgIpc) is 2.37. The van der Waals surface area contributed by atoms with E-state index < -0.39 is 0 Å². The molecule has 4 nitrogen and oxygen atoms in total. The van der Waals surface area contributed by atoms with E-state index in [-0.39, 0.29) is 0 Å². The summed E-state index contributed by atoms with van der Waals surface area (Å²) >= 11 is 9.63. The van der Waals surface area contributed by atoms with Gasteiger partial charge in [-0.3, -0.25) is 4.90 Å². The summed E-state index contributed by atoms with van der Waals surface area (Å²) in [5, 5.41) is 0.719. The van der Waals surface area contributed by atoms with Crippen LogP contribution in [0.1, 0.15) is 0 Å².